The first-order valence-corrected chi connectivity index (χ1v) is 10.4. The summed E-state index contributed by atoms with van der Waals surface area (Å²) in [6.45, 7) is 3.65. The molecule has 3 N–H and O–H groups in total. The lowest BCUT2D eigenvalue weighted by Crippen LogP contribution is -2.36. The molecule has 1 aromatic heterocycles. The van der Waals surface area contributed by atoms with Crippen LogP contribution < -0.4 is 15.4 Å². The Morgan fingerprint density at radius 2 is 2.12 bits per heavy atom. The molecule has 1 aliphatic rings. The van der Waals surface area contributed by atoms with Gasteiger partial charge in [-0.25, -0.2) is 18.5 Å². The third kappa shape index (κ3) is 4.25. The van der Waals surface area contributed by atoms with Gasteiger partial charge in [-0.1, -0.05) is 33.3 Å². The van der Waals surface area contributed by atoms with E-state index in [-0.39, 0.29) is 4.21 Å². The number of halogens is 1. The van der Waals surface area contributed by atoms with E-state index in [9.17, 15) is 8.42 Å². The fourth-order valence-electron chi connectivity index (χ4n) is 2.43. The van der Waals surface area contributed by atoms with Crippen LogP contribution in [-0.2, 0) is 21.3 Å². The van der Waals surface area contributed by atoms with Crippen molar-refractivity contribution < 1.29 is 13.2 Å². The number of ether oxygens (including phenoxy) is 1. The fraction of sp³-hybridized carbons (Fsp3) is 0.357. The maximum absolute atomic E-state index is 11.3. The number of hydrogen-bond acceptors (Lipinski definition) is 7. The summed E-state index contributed by atoms with van der Waals surface area (Å²) in [6.07, 6.45) is 1.27. The lowest BCUT2D eigenvalue weighted by atomic mass is 10.1. The molecule has 1 fully saturated rings. The van der Waals surface area contributed by atoms with Gasteiger partial charge in [0.1, 0.15) is 0 Å². The summed E-state index contributed by atoms with van der Waals surface area (Å²) in [5.41, 5.74) is 2.23. The van der Waals surface area contributed by atoms with Crippen LogP contribution in [0.3, 0.4) is 0 Å². The Morgan fingerprint density at radius 1 is 1.38 bits per heavy atom. The highest BCUT2D eigenvalue weighted by Crippen LogP contribution is 2.28. The monoisotopic (exact) mass is 432 g/mol. The van der Waals surface area contributed by atoms with E-state index < -0.39 is 10.0 Å². The second kappa shape index (κ2) is 7.36. The summed E-state index contributed by atoms with van der Waals surface area (Å²) < 4.78 is 29.1. The van der Waals surface area contributed by atoms with Crippen LogP contribution in [0, 0.1) is 0 Å². The predicted octanol–water partition coefficient (Wildman–Crippen LogP) is 2.00. The zero-order chi connectivity index (χ0) is 17.2. The summed E-state index contributed by atoms with van der Waals surface area (Å²) in [5.74, 6) is 0. The molecular weight excluding hydrogens is 416 g/mol. The molecule has 0 radical (unpaired) electrons. The minimum Gasteiger partial charge on any atom is -0.378 e. The maximum Gasteiger partial charge on any atom is 0.249 e. The summed E-state index contributed by atoms with van der Waals surface area (Å²) in [4.78, 5) is 6.34. The molecule has 0 saturated carbocycles. The molecule has 24 heavy (non-hydrogen) atoms. The van der Waals surface area contributed by atoms with Crippen LogP contribution in [0.4, 0.5) is 10.8 Å². The molecule has 1 saturated heterocycles. The maximum atomic E-state index is 11.3. The molecule has 0 aliphatic carbocycles. The Balaban J connectivity index is 1.76. The van der Waals surface area contributed by atoms with Gasteiger partial charge in [-0.2, -0.15) is 0 Å². The van der Waals surface area contributed by atoms with Gasteiger partial charge in [-0.15, -0.1) is 0 Å². The topological polar surface area (TPSA) is 97.6 Å². The first-order chi connectivity index (χ1) is 11.4. The van der Waals surface area contributed by atoms with Crippen molar-refractivity contribution in [3.05, 3.63) is 34.4 Å². The lowest BCUT2D eigenvalue weighted by Gasteiger charge is -2.30. The van der Waals surface area contributed by atoms with Crippen molar-refractivity contribution in [2.75, 3.05) is 36.5 Å². The van der Waals surface area contributed by atoms with E-state index >= 15 is 0 Å². The third-order valence-electron chi connectivity index (χ3n) is 3.59. The van der Waals surface area contributed by atoms with Gasteiger partial charge in [0.2, 0.25) is 10.0 Å². The number of anilines is 2. The van der Waals surface area contributed by atoms with E-state index in [0.717, 1.165) is 40.1 Å². The standard InChI is InChI=1S/C14H17BrN4O3S2/c15-11-2-1-10(12(7-11)19-3-5-22-6-4-19)8-17-14-18-9-13(23-14)24(16,20)21/h1-2,7,9H,3-6,8H2,(H,17,18)(H2,16,20,21). The molecule has 7 nitrogen and oxygen atoms in total. The molecule has 0 unspecified atom stereocenters. The number of nitrogens with zero attached hydrogens (tertiary/aromatic N) is 2. The van der Waals surface area contributed by atoms with E-state index in [0.29, 0.717) is 24.9 Å². The molecule has 0 atom stereocenters. The normalized spacial score (nSPS) is 15.5. The van der Waals surface area contributed by atoms with Crippen LogP contribution in [0.25, 0.3) is 0 Å². The zero-order valence-electron chi connectivity index (χ0n) is 12.7. The molecule has 10 heteroatoms. The minimum atomic E-state index is -3.71. The van der Waals surface area contributed by atoms with Crippen molar-refractivity contribution in [2.45, 2.75) is 10.8 Å². The molecule has 0 amide bonds. The van der Waals surface area contributed by atoms with Crippen molar-refractivity contribution in [3.8, 4) is 0 Å². The number of nitrogens with one attached hydrogen (secondary N) is 1. The largest absolute Gasteiger partial charge is 0.378 e. The number of thiazole rings is 1. The van der Waals surface area contributed by atoms with Gasteiger partial charge in [0.25, 0.3) is 0 Å². The first-order valence-electron chi connectivity index (χ1n) is 7.27. The Bertz CT molecular complexity index is 819. The van der Waals surface area contributed by atoms with Crippen LogP contribution in [0.2, 0.25) is 0 Å². The fourth-order valence-corrected chi connectivity index (χ4v) is 4.22. The van der Waals surface area contributed by atoms with Gasteiger partial charge in [0.05, 0.1) is 19.4 Å². The number of hydrogen-bond donors (Lipinski definition) is 2. The lowest BCUT2D eigenvalue weighted by molar-refractivity contribution is 0.122. The average molecular weight is 433 g/mol. The SMILES string of the molecule is NS(=O)(=O)c1cnc(NCc2ccc(Br)cc2N2CCOCC2)s1. The van der Waals surface area contributed by atoms with E-state index in [1.807, 2.05) is 12.1 Å². The molecule has 1 aromatic carbocycles. The molecule has 2 heterocycles. The summed E-state index contributed by atoms with van der Waals surface area (Å²) >= 11 is 4.54. The van der Waals surface area contributed by atoms with Crippen LogP contribution >= 0.6 is 27.3 Å². The second-order valence-corrected chi connectivity index (χ2v) is 8.99. The predicted molar refractivity (Wildman–Crippen MR) is 98.0 cm³/mol. The van der Waals surface area contributed by atoms with Crippen LogP contribution in [-0.4, -0.2) is 39.7 Å². The van der Waals surface area contributed by atoms with Gasteiger partial charge in [0.15, 0.2) is 9.34 Å². The van der Waals surface area contributed by atoms with Gasteiger partial charge in [-0.3, -0.25) is 0 Å². The van der Waals surface area contributed by atoms with Crippen LogP contribution in [0.5, 0.6) is 0 Å². The number of rotatable bonds is 5. The molecule has 0 spiro atoms. The second-order valence-electron chi connectivity index (χ2n) is 5.26. The van der Waals surface area contributed by atoms with Gasteiger partial charge in [-0.05, 0) is 17.7 Å². The number of aromatic nitrogens is 1. The Kier molecular flexibility index (Phi) is 5.40. The van der Waals surface area contributed by atoms with E-state index in [1.54, 1.807) is 0 Å². The zero-order valence-corrected chi connectivity index (χ0v) is 16.0. The highest BCUT2D eigenvalue weighted by atomic mass is 79.9. The van der Waals surface area contributed by atoms with E-state index in [1.165, 1.54) is 6.20 Å². The number of nitrogens with two attached hydrogens (primary N) is 1. The number of sulfonamides is 1. The smallest absolute Gasteiger partial charge is 0.249 e. The van der Waals surface area contributed by atoms with Crippen molar-refractivity contribution >= 4 is 48.1 Å². The molecule has 1 aliphatic heterocycles. The van der Waals surface area contributed by atoms with Crippen molar-refractivity contribution in [2.24, 2.45) is 5.14 Å². The highest BCUT2D eigenvalue weighted by Gasteiger charge is 2.16. The van der Waals surface area contributed by atoms with E-state index in [2.05, 4.69) is 37.2 Å². The highest BCUT2D eigenvalue weighted by molar-refractivity contribution is 9.10. The average Bonchev–Trinajstić information content (AvgIpc) is 3.04. The van der Waals surface area contributed by atoms with Gasteiger partial charge < -0.3 is 15.0 Å². The van der Waals surface area contributed by atoms with Crippen molar-refractivity contribution in [1.82, 2.24) is 4.98 Å². The minimum absolute atomic E-state index is 0.0502. The Hall–Kier alpha value is -1.20. The third-order valence-corrected chi connectivity index (χ3v) is 6.45. The number of benzene rings is 1. The number of morpholine rings is 1. The number of primary sulfonamides is 1. The summed E-state index contributed by atoms with van der Waals surface area (Å²) in [6, 6.07) is 6.11. The van der Waals surface area contributed by atoms with Crippen LogP contribution in [0.1, 0.15) is 5.56 Å². The molecule has 3 rings (SSSR count). The Labute approximate surface area is 153 Å². The molecule has 130 valence electrons. The Morgan fingerprint density at radius 3 is 2.79 bits per heavy atom. The van der Waals surface area contributed by atoms with Crippen molar-refractivity contribution in [3.63, 3.8) is 0 Å². The summed E-state index contributed by atoms with van der Waals surface area (Å²) in [7, 11) is -3.71. The quantitative estimate of drug-likeness (QED) is 0.749. The molecular formula is C14H17BrN4O3S2. The van der Waals surface area contributed by atoms with Crippen LogP contribution in [0.15, 0.2) is 33.1 Å². The van der Waals surface area contributed by atoms with E-state index in [4.69, 9.17) is 9.88 Å². The molecule has 2 aromatic rings. The van der Waals surface area contributed by atoms with Crippen molar-refractivity contribution in [1.29, 1.82) is 0 Å². The van der Waals surface area contributed by atoms with Gasteiger partial charge in [0, 0.05) is 29.8 Å². The molecule has 0 bridgehead atoms. The summed E-state index contributed by atoms with van der Waals surface area (Å²) in [5, 5.41) is 8.80. The van der Waals surface area contributed by atoms with Gasteiger partial charge >= 0.3 is 0 Å². The first kappa shape index (κ1) is 17.6.